The maximum absolute atomic E-state index is 5.93. The molecule has 0 fully saturated rings. The third-order valence-electron chi connectivity index (χ3n) is 2.36. The molecule has 1 unspecified atom stereocenters. The summed E-state index contributed by atoms with van der Waals surface area (Å²) in [4.78, 5) is 0. The maximum Gasteiger partial charge on any atom is 0.127 e. The minimum Gasteiger partial charge on any atom is -0.364 e. The summed E-state index contributed by atoms with van der Waals surface area (Å²) in [7, 11) is 0. The Morgan fingerprint density at radius 1 is 1.62 bits per heavy atom. The molecule has 0 spiro atoms. The lowest BCUT2D eigenvalue weighted by atomic mass is 9.97. The van der Waals surface area contributed by atoms with E-state index in [9.17, 15) is 0 Å². The minimum atomic E-state index is -0.512. The average molecular weight is 183 g/mol. The molecule has 0 saturated heterocycles. The van der Waals surface area contributed by atoms with Gasteiger partial charge in [0.25, 0.3) is 0 Å². The summed E-state index contributed by atoms with van der Waals surface area (Å²) in [6, 6.07) is -0.0311. The van der Waals surface area contributed by atoms with Crippen LogP contribution in [0.3, 0.4) is 0 Å². The van der Waals surface area contributed by atoms with Crippen LogP contribution >= 0.6 is 0 Å². The van der Waals surface area contributed by atoms with Crippen molar-refractivity contribution in [1.29, 1.82) is 0 Å². The van der Waals surface area contributed by atoms with Crippen LogP contribution in [0.1, 0.15) is 32.0 Å². The van der Waals surface area contributed by atoms with Gasteiger partial charge in [-0.25, -0.2) is 0 Å². The summed E-state index contributed by atoms with van der Waals surface area (Å²) in [5.41, 5.74) is 13.1. The Balaban J connectivity index is 0.000000396. The lowest BCUT2D eigenvalue weighted by molar-refractivity contribution is 0.347. The second-order valence-corrected chi connectivity index (χ2v) is 3.28. The first-order chi connectivity index (χ1) is 6.12. The van der Waals surface area contributed by atoms with Crippen LogP contribution in [0.4, 0.5) is 0 Å². The Bertz CT molecular complexity index is 280. The van der Waals surface area contributed by atoms with Crippen molar-refractivity contribution in [2.75, 3.05) is 0 Å². The second kappa shape index (κ2) is 3.47. The Labute approximate surface area is 78.3 Å². The average Bonchev–Trinajstić information content (AvgIpc) is 2.62. The topological polar surface area (TPSA) is 78.1 Å². The van der Waals surface area contributed by atoms with Gasteiger partial charge < -0.3 is 16.0 Å². The van der Waals surface area contributed by atoms with Crippen molar-refractivity contribution in [2.45, 2.75) is 38.8 Å². The molecule has 2 rings (SSSR count). The molecule has 2 atom stereocenters. The highest BCUT2D eigenvalue weighted by molar-refractivity contribution is 5.32. The number of hydrogen-bond acceptors (Lipinski definition) is 4. The van der Waals surface area contributed by atoms with Crippen molar-refractivity contribution in [1.82, 2.24) is 5.16 Å². The van der Waals surface area contributed by atoms with Crippen molar-refractivity contribution < 1.29 is 4.52 Å². The van der Waals surface area contributed by atoms with Crippen LogP contribution in [-0.2, 0) is 12.0 Å². The summed E-state index contributed by atoms with van der Waals surface area (Å²) >= 11 is 0. The number of fused-ring (bicyclic) bond motifs is 1. The number of aromatic nitrogens is 1. The zero-order valence-corrected chi connectivity index (χ0v) is 8.37. The summed E-state index contributed by atoms with van der Waals surface area (Å²) in [5, 5.41) is 3.82. The first kappa shape index (κ1) is 10.2. The predicted octanol–water partition coefficient (Wildman–Crippen LogP) is 0.758. The molecular formula is C9H17N3O. The van der Waals surface area contributed by atoms with E-state index in [2.05, 4.69) is 5.16 Å². The summed E-state index contributed by atoms with van der Waals surface area (Å²) in [6.45, 7) is 5.88. The quantitative estimate of drug-likeness (QED) is 0.622. The Morgan fingerprint density at radius 3 is 2.77 bits per heavy atom. The van der Waals surface area contributed by atoms with Gasteiger partial charge in [-0.1, -0.05) is 19.0 Å². The van der Waals surface area contributed by atoms with Gasteiger partial charge in [0, 0.05) is 11.6 Å². The maximum atomic E-state index is 5.93. The minimum absolute atomic E-state index is 0.0311. The first-order valence-corrected chi connectivity index (χ1v) is 4.60. The van der Waals surface area contributed by atoms with E-state index in [4.69, 9.17) is 16.0 Å². The van der Waals surface area contributed by atoms with E-state index in [0.29, 0.717) is 0 Å². The van der Waals surface area contributed by atoms with Crippen LogP contribution in [0.5, 0.6) is 0 Å². The van der Waals surface area contributed by atoms with Crippen molar-refractivity contribution in [2.24, 2.45) is 11.5 Å². The predicted molar refractivity (Wildman–Crippen MR) is 51.1 cm³/mol. The smallest absolute Gasteiger partial charge is 0.127 e. The molecule has 4 N–H and O–H groups in total. The molecule has 4 heteroatoms. The summed E-state index contributed by atoms with van der Waals surface area (Å²) < 4.78 is 4.79. The van der Waals surface area contributed by atoms with Crippen LogP contribution in [0.2, 0.25) is 0 Å². The normalized spacial score (nSPS) is 30.7. The fourth-order valence-electron chi connectivity index (χ4n) is 1.47. The van der Waals surface area contributed by atoms with E-state index >= 15 is 0 Å². The van der Waals surface area contributed by atoms with E-state index in [1.807, 2.05) is 20.8 Å². The lowest BCUT2D eigenvalue weighted by Crippen LogP contribution is -2.47. The van der Waals surface area contributed by atoms with Crippen molar-refractivity contribution in [3.05, 3.63) is 17.5 Å². The van der Waals surface area contributed by atoms with Crippen LogP contribution in [-0.4, -0.2) is 11.2 Å². The molecule has 1 aliphatic rings. The zero-order valence-electron chi connectivity index (χ0n) is 8.37. The van der Waals surface area contributed by atoms with Crippen molar-refractivity contribution in [3.63, 3.8) is 0 Å². The van der Waals surface area contributed by atoms with Crippen molar-refractivity contribution in [3.8, 4) is 0 Å². The van der Waals surface area contributed by atoms with Crippen molar-refractivity contribution >= 4 is 0 Å². The first-order valence-electron chi connectivity index (χ1n) is 4.60. The molecule has 4 nitrogen and oxygen atoms in total. The fraction of sp³-hybridized carbons (Fsp3) is 0.667. The van der Waals surface area contributed by atoms with Gasteiger partial charge in [0.15, 0.2) is 0 Å². The molecule has 1 aromatic heterocycles. The number of nitrogens with zero attached hydrogens (tertiary/aromatic N) is 1. The molecule has 0 aromatic carbocycles. The summed E-state index contributed by atoms with van der Waals surface area (Å²) in [6.07, 6.45) is 2.39. The number of rotatable bonds is 0. The number of hydrogen-bond donors (Lipinski definition) is 2. The highest BCUT2D eigenvalue weighted by atomic mass is 16.5. The van der Waals surface area contributed by atoms with E-state index in [1.54, 1.807) is 6.26 Å². The van der Waals surface area contributed by atoms with Gasteiger partial charge in [-0.05, 0) is 13.3 Å². The Morgan fingerprint density at radius 2 is 2.23 bits per heavy atom. The van der Waals surface area contributed by atoms with E-state index in [-0.39, 0.29) is 6.04 Å². The van der Waals surface area contributed by atoms with Gasteiger partial charge in [-0.15, -0.1) is 0 Å². The fourth-order valence-corrected chi connectivity index (χ4v) is 1.47. The van der Waals surface area contributed by atoms with Gasteiger partial charge in [-0.2, -0.15) is 0 Å². The third-order valence-corrected chi connectivity index (χ3v) is 2.36. The molecule has 0 amide bonds. The Hall–Kier alpha value is -0.870. The van der Waals surface area contributed by atoms with Crippen LogP contribution in [0, 0.1) is 0 Å². The van der Waals surface area contributed by atoms with Gasteiger partial charge in [0.2, 0.25) is 0 Å². The molecule has 74 valence electrons. The molecule has 0 radical (unpaired) electrons. The van der Waals surface area contributed by atoms with Crippen LogP contribution < -0.4 is 11.5 Å². The van der Waals surface area contributed by atoms with Crippen LogP contribution in [0.15, 0.2) is 10.8 Å². The highest BCUT2D eigenvalue weighted by Gasteiger charge is 2.40. The van der Waals surface area contributed by atoms with E-state index in [0.717, 1.165) is 17.7 Å². The molecular weight excluding hydrogens is 166 g/mol. The molecule has 0 saturated carbocycles. The largest absolute Gasteiger partial charge is 0.364 e. The Kier molecular flexibility index (Phi) is 2.73. The monoisotopic (exact) mass is 183 g/mol. The molecule has 1 aromatic rings. The molecule has 0 bridgehead atoms. The van der Waals surface area contributed by atoms with Crippen LogP contribution in [0.25, 0.3) is 0 Å². The third kappa shape index (κ3) is 1.47. The van der Waals surface area contributed by atoms with Gasteiger partial charge in [0.1, 0.15) is 12.0 Å². The lowest BCUT2D eigenvalue weighted by Gasteiger charge is -2.22. The molecule has 1 aliphatic carbocycles. The highest BCUT2D eigenvalue weighted by Crippen LogP contribution is 2.31. The van der Waals surface area contributed by atoms with Gasteiger partial charge in [0.05, 0.1) is 5.54 Å². The number of nitrogens with two attached hydrogens (primary N) is 2. The standard InChI is InChI=1S/C7H11N3O.C2H6/c1-7(9)5(8)2-4-3-11-10-6(4)7;1-2/h3,5H,2,8-9H2,1H3;1-2H3/t5-,7?;/m1./s1. The van der Waals surface area contributed by atoms with E-state index < -0.39 is 5.54 Å². The van der Waals surface area contributed by atoms with Gasteiger partial charge >= 0.3 is 0 Å². The van der Waals surface area contributed by atoms with Gasteiger partial charge in [-0.3, -0.25) is 0 Å². The van der Waals surface area contributed by atoms with E-state index in [1.165, 1.54) is 0 Å². The second-order valence-electron chi connectivity index (χ2n) is 3.28. The zero-order chi connectivity index (χ0) is 10.1. The molecule has 13 heavy (non-hydrogen) atoms. The molecule has 1 heterocycles. The molecule has 0 aliphatic heterocycles. The SMILES string of the molecule is CC.CC1(N)c2nocc2C[C@H]1N. The summed E-state index contributed by atoms with van der Waals surface area (Å²) in [5.74, 6) is 0.